The van der Waals surface area contributed by atoms with Gasteiger partial charge in [0.2, 0.25) is 0 Å². The van der Waals surface area contributed by atoms with Crippen LogP contribution in [0.15, 0.2) is 146 Å². The van der Waals surface area contributed by atoms with Gasteiger partial charge in [0.15, 0.2) is 0 Å². The van der Waals surface area contributed by atoms with E-state index in [2.05, 4.69) is 312 Å². The van der Waals surface area contributed by atoms with Gasteiger partial charge < -0.3 is 4.74 Å². The Morgan fingerprint density at radius 1 is 0.303 bits per heavy atom. The molecule has 1 heteroatoms. The van der Waals surface area contributed by atoms with Crippen molar-refractivity contribution < 1.29 is 4.74 Å². The first-order chi connectivity index (χ1) is 51.5. The maximum absolute atomic E-state index is 5.62. The second-order valence-electron chi connectivity index (χ2n) is 43.3. The summed E-state index contributed by atoms with van der Waals surface area (Å²) in [5.74, 6) is 11.3. The molecule has 1 saturated heterocycles. The third-order valence-electron chi connectivity index (χ3n) is 25.5. The van der Waals surface area contributed by atoms with E-state index in [0.29, 0.717) is 38.9 Å². The Hall–Kier alpha value is -4.72. The predicted molar refractivity (Wildman–Crippen MR) is 482 cm³/mol. The highest BCUT2D eigenvalue weighted by molar-refractivity contribution is 5.79. The molecule has 0 N–H and O–H groups in total. The smallest absolute Gasteiger partial charge is 0.0471 e. The van der Waals surface area contributed by atoms with Crippen LogP contribution in [-0.4, -0.2) is 13.2 Å². The summed E-state index contributed by atoms with van der Waals surface area (Å²) in [5, 5.41) is 0. The zero-order valence-electron chi connectivity index (χ0n) is 75.4. The molecule has 1 aliphatic heterocycles. The fraction of sp³-hybridized carbons (Fsp3) is 0.667. The van der Waals surface area contributed by atoms with Crippen molar-refractivity contribution >= 4 is 0 Å². The second-order valence-corrected chi connectivity index (χ2v) is 43.3. The Labute approximate surface area is 675 Å². The number of rotatable bonds is 0. The van der Waals surface area contributed by atoms with Gasteiger partial charge in [0.05, 0.1) is 0 Å². The van der Waals surface area contributed by atoms with Crippen molar-refractivity contribution in [3.05, 3.63) is 201 Å². The molecule has 0 radical (unpaired) electrons. The van der Waals surface area contributed by atoms with Crippen LogP contribution >= 0.6 is 0 Å². The minimum absolute atomic E-state index is 0.267. The van der Waals surface area contributed by atoms with Gasteiger partial charge in [0.25, 0.3) is 0 Å². The van der Waals surface area contributed by atoms with E-state index in [-0.39, 0.29) is 5.41 Å². The van der Waals surface area contributed by atoms with Crippen molar-refractivity contribution in [2.75, 3.05) is 13.2 Å². The van der Waals surface area contributed by atoms with Gasteiger partial charge in [-0.05, 0) is 312 Å². The Kier molecular flexibility index (Phi) is 36.2. The van der Waals surface area contributed by atoms with Crippen LogP contribution in [0.1, 0.15) is 368 Å². The summed E-state index contributed by atoms with van der Waals surface area (Å²) >= 11 is 0. The van der Waals surface area contributed by atoms with Crippen molar-refractivity contribution in [2.45, 2.75) is 358 Å². The number of hydrogen-bond acceptors (Lipinski definition) is 1. The zero-order chi connectivity index (χ0) is 79.7. The monoisotopic (exact) mass is 1480 g/mol. The van der Waals surface area contributed by atoms with Crippen molar-refractivity contribution in [1.82, 2.24) is 0 Å². The average Bonchev–Trinajstić information content (AvgIpc) is 1.74. The molecule has 6 saturated carbocycles. The molecule has 6 aromatic carbocycles. The van der Waals surface area contributed by atoms with E-state index < -0.39 is 0 Å². The van der Waals surface area contributed by atoms with E-state index in [4.69, 9.17) is 4.74 Å². The number of ether oxygens (including phenoxy) is 1. The molecule has 7 fully saturated rings. The Balaban J connectivity index is 0.000000172. The summed E-state index contributed by atoms with van der Waals surface area (Å²) in [4.78, 5) is 0. The first kappa shape index (κ1) is 91.5. The van der Waals surface area contributed by atoms with Gasteiger partial charge in [0, 0.05) is 19.1 Å². The fourth-order valence-electron chi connectivity index (χ4n) is 21.0. The Bertz CT molecular complexity index is 3340. The lowest BCUT2D eigenvalue weighted by atomic mass is 9.47. The predicted octanol–water partition coefficient (Wildman–Crippen LogP) is 32.2. The molecule has 1 nitrogen and oxygen atoms in total. The topological polar surface area (TPSA) is 9.23 Å². The van der Waals surface area contributed by atoms with E-state index in [1.807, 2.05) is 0 Å². The molecule has 606 valence electrons. The van der Waals surface area contributed by atoms with Crippen molar-refractivity contribution in [3.63, 3.8) is 0 Å². The third-order valence-corrected chi connectivity index (χ3v) is 25.5. The third kappa shape index (κ3) is 29.6. The molecule has 1 atom stereocenters. The van der Waals surface area contributed by atoms with Crippen LogP contribution in [0.25, 0.3) is 11.1 Å². The maximum Gasteiger partial charge on any atom is 0.0471 e. The summed E-state index contributed by atoms with van der Waals surface area (Å²) < 4.78 is 5.62. The van der Waals surface area contributed by atoms with Crippen LogP contribution in [0.3, 0.4) is 0 Å². The zero-order valence-corrected chi connectivity index (χ0v) is 75.4. The van der Waals surface area contributed by atoms with Gasteiger partial charge in [0.1, 0.15) is 0 Å². The lowest BCUT2D eigenvalue weighted by molar-refractivity contribution is -0.0811. The first-order valence-electron chi connectivity index (χ1n) is 45.5. The van der Waals surface area contributed by atoms with E-state index >= 15 is 0 Å². The molecule has 0 amide bonds. The second kappa shape index (κ2) is 43.1. The molecule has 18 rings (SSSR count). The largest absolute Gasteiger partial charge is 0.381 e. The van der Waals surface area contributed by atoms with Crippen LogP contribution in [0.5, 0.6) is 0 Å². The van der Waals surface area contributed by atoms with Crippen molar-refractivity contribution in [3.8, 4) is 11.1 Å². The molecule has 4 bridgehead atoms. The number of benzene rings is 6. The molecule has 11 aliphatic carbocycles. The summed E-state index contributed by atoms with van der Waals surface area (Å²) in [7, 11) is 0. The number of fused-ring (bicyclic) bond motifs is 7. The van der Waals surface area contributed by atoms with Gasteiger partial charge in [-0.2, -0.15) is 0 Å². The van der Waals surface area contributed by atoms with Gasteiger partial charge in [-0.1, -0.05) is 344 Å². The van der Waals surface area contributed by atoms with Crippen LogP contribution in [-0.2, 0) is 49.7 Å². The molecule has 12 aliphatic rings. The lowest BCUT2D eigenvalue weighted by Crippen LogP contribution is -2.49. The van der Waals surface area contributed by atoms with Crippen molar-refractivity contribution in [2.24, 2.45) is 91.7 Å². The van der Waals surface area contributed by atoms with Crippen LogP contribution in [0.4, 0.5) is 0 Å². The first-order valence-corrected chi connectivity index (χ1v) is 45.5. The fourth-order valence-corrected chi connectivity index (χ4v) is 21.0. The lowest BCUT2D eigenvalue weighted by Gasteiger charge is -2.58. The molecule has 1 unspecified atom stereocenters. The highest BCUT2D eigenvalue weighted by atomic mass is 16.5. The van der Waals surface area contributed by atoms with E-state index in [9.17, 15) is 0 Å². The van der Waals surface area contributed by atoms with Crippen molar-refractivity contribution in [1.29, 1.82) is 0 Å². The molecular weight excluding hydrogens is 1310 g/mol. The quantitative estimate of drug-likeness (QED) is 0.109. The molecule has 1 heterocycles. The SMILES string of the molecule is CC(C)(C)C1C2CC3CC(C2)CC1C3.CC(C)(C)C1CC1.CC(C)(C)C1CCCCCC1.CC(C)(C)C1c2ccccc2-c2ccccc21.CC(C)(C)C1c2ccccc2CC12CCOCC2.CC(C)C.CC(C)C.CC(C)C.c1ccc2c(c1)CCC2.c1ccc2c(c1)CCCC2.c1ccc2c(c1)CCCCC2. The standard InChI is InChI=1S/C17H24O.C17H18.C14H24.C11H14.C11H22.C10H12.C9H10.C7H14.3C4H10/c1-16(2,3)15-14-7-5-4-6-13(14)12-17(15)8-10-18-11-9-17;1-17(2,3)16-14-10-6-4-8-12(14)13-9-5-7-11-15(13)16;1-14(2,3)13-11-5-9-4-10(7-11)8-12(13)6-9;1-2-6-10-8-4-5-9-11(10)7-3-1;1-11(2,3)10-8-6-4-5-7-9-10;1-2-6-10-8-4-3-7-9(10)5-1;1-2-5-9-7-3-6-8(9)4-1;1-7(2,3)6-4-5-6;3*1-4(2)3/h4-7,15H,8-12H2,1-3H3;4-11,16H,1-3H3;9-13H,4-8H2,1-3H3;4-5,8-9H,1-3,6-7H2;10H,4-9H2,1-3H3;1-2,5-6H,3-4,7-8H2;1-2,4-5H,3,6-7H2;6H,4-5H2,1-3H3;3*4H,1-3H3. The van der Waals surface area contributed by atoms with Gasteiger partial charge in [-0.25, -0.2) is 0 Å². The summed E-state index contributed by atoms with van der Waals surface area (Å²) in [6.07, 6.45) is 39.5. The summed E-state index contributed by atoms with van der Waals surface area (Å²) in [6.45, 7) is 57.1. The highest BCUT2D eigenvalue weighted by Gasteiger charge is 2.53. The van der Waals surface area contributed by atoms with Crippen LogP contribution in [0.2, 0.25) is 0 Å². The van der Waals surface area contributed by atoms with Crippen LogP contribution in [0, 0.1) is 91.7 Å². The molecule has 6 aromatic rings. The minimum Gasteiger partial charge on any atom is -0.381 e. The summed E-state index contributed by atoms with van der Waals surface area (Å²) in [6, 6.07) is 53.1. The minimum atomic E-state index is 0.267. The summed E-state index contributed by atoms with van der Waals surface area (Å²) in [5.41, 5.74) is 21.3. The molecule has 0 aromatic heterocycles. The average molecular weight is 1480 g/mol. The van der Waals surface area contributed by atoms with Gasteiger partial charge >= 0.3 is 0 Å². The van der Waals surface area contributed by atoms with Crippen LogP contribution < -0.4 is 0 Å². The van der Waals surface area contributed by atoms with Gasteiger partial charge in [-0.3, -0.25) is 0 Å². The molecule has 1 spiro atoms. The Morgan fingerprint density at radius 2 is 0.606 bits per heavy atom. The highest BCUT2D eigenvalue weighted by Crippen LogP contribution is 2.62. The molecular formula is C108H168O. The van der Waals surface area contributed by atoms with E-state index in [1.165, 1.54) is 170 Å². The molecule has 109 heavy (non-hydrogen) atoms. The van der Waals surface area contributed by atoms with Gasteiger partial charge in [-0.15, -0.1) is 0 Å². The number of aryl methyl sites for hydroxylation is 6. The normalized spacial score (nSPS) is 22.5. The van der Waals surface area contributed by atoms with E-state index in [0.717, 1.165) is 72.4 Å². The number of hydrogen-bond donors (Lipinski definition) is 0. The Morgan fingerprint density at radius 3 is 0.927 bits per heavy atom. The maximum atomic E-state index is 5.62. The van der Waals surface area contributed by atoms with E-state index in [1.54, 1.807) is 76.6 Å².